The molecule has 0 N–H and O–H groups in total. The molecule has 6 heteroatoms. The summed E-state index contributed by atoms with van der Waals surface area (Å²) in [6.07, 6.45) is 2.67. The zero-order chi connectivity index (χ0) is 19.2. The predicted octanol–water partition coefficient (Wildman–Crippen LogP) is 2.20. The lowest BCUT2D eigenvalue weighted by molar-refractivity contribution is -0.148. The summed E-state index contributed by atoms with van der Waals surface area (Å²) in [6.45, 7) is 12.8. The minimum absolute atomic E-state index is 0.207. The predicted molar refractivity (Wildman–Crippen MR) is 93.0 cm³/mol. The highest BCUT2D eigenvalue weighted by Gasteiger charge is 2.56. The molecule has 3 rings (SSSR count). The first kappa shape index (κ1) is 18.3. The van der Waals surface area contributed by atoms with E-state index < -0.39 is 41.8 Å². The van der Waals surface area contributed by atoms with Crippen molar-refractivity contribution < 1.29 is 28.6 Å². The number of rotatable bonds is 2. The third kappa shape index (κ3) is 2.94. The Morgan fingerprint density at radius 2 is 2.04 bits per heavy atom. The molecule has 0 aromatic rings. The minimum atomic E-state index is -0.869. The summed E-state index contributed by atoms with van der Waals surface area (Å²) >= 11 is 0. The van der Waals surface area contributed by atoms with Crippen molar-refractivity contribution in [3.63, 3.8) is 0 Å². The van der Waals surface area contributed by atoms with Gasteiger partial charge in [0.25, 0.3) is 0 Å². The van der Waals surface area contributed by atoms with E-state index in [0.29, 0.717) is 5.57 Å². The molecule has 2 saturated heterocycles. The van der Waals surface area contributed by atoms with Crippen LogP contribution in [-0.4, -0.2) is 41.6 Å². The number of allylic oxidation sites excluding steroid dienone is 2. The number of esters is 2. The van der Waals surface area contributed by atoms with Crippen molar-refractivity contribution >= 4 is 17.7 Å². The second-order valence-corrected chi connectivity index (χ2v) is 7.11. The van der Waals surface area contributed by atoms with Gasteiger partial charge in [-0.3, -0.25) is 4.79 Å². The van der Waals surface area contributed by atoms with E-state index in [-0.39, 0.29) is 23.4 Å². The van der Waals surface area contributed by atoms with Crippen LogP contribution in [0, 0.1) is 5.92 Å². The van der Waals surface area contributed by atoms with E-state index in [9.17, 15) is 14.4 Å². The number of fused-ring (bicyclic) bond motifs is 4. The van der Waals surface area contributed by atoms with Crippen LogP contribution in [0.15, 0.2) is 48.1 Å². The molecule has 0 aromatic carbocycles. The lowest BCUT2D eigenvalue weighted by Crippen LogP contribution is -2.40. The summed E-state index contributed by atoms with van der Waals surface area (Å²) in [5.74, 6) is -1.92. The second kappa shape index (κ2) is 6.36. The Kier molecular flexibility index (Phi) is 4.48. The standard InChI is InChI=1S/C20H22O6/c1-6-10(2)18(22)24-14-9-20(5)8-7-13(21)11(3)16(26-20)17-15(14)12(4)19(23)25-17/h6-8,14-17H,3-4,9H2,1-2,5H3/b10-6-/t14-,15-,16-,17+,20+/m1/s1. The smallest absolute Gasteiger partial charge is 0.334 e. The van der Waals surface area contributed by atoms with E-state index in [4.69, 9.17) is 14.2 Å². The Morgan fingerprint density at radius 1 is 1.35 bits per heavy atom. The van der Waals surface area contributed by atoms with Gasteiger partial charge in [0.05, 0.1) is 11.5 Å². The molecular weight excluding hydrogens is 336 g/mol. The zero-order valence-corrected chi connectivity index (χ0v) is 15.1. The largest absolute Gasteiger partial charge is 0.458 e. The molecule has 0 unspecified atom stereocenters. The van der Waals surface area contributed by atoms with Crippen molar-refractivity contribution in [2.75, 3.05) is 0 Å². The fourth-order valence-corrected chi connectivity index (χ4v) is 3.56. The summed E-state index contributed by atoms with van der Waals surface area (Å²) in [4.78, 5) is 36.7. The fourth-order valence-electron chi connectivity index (χ4n) is 3.56. The number of hydrogen-bond donors (Lipinski definition) is 0. The highest BCUT2D eigenvalue weighted by atomic mass is 16.6. The number of ketones is 1. The van der Waals surface area contributed by atoms with Gasteiger partial charge in [0, 0.05) is 23.1 Å². The fraction of sp³-hybridized carbons (Fsp3) is 0.450. The highest BCUT2D eigenvalue weighted by molar-refractivity contribution is 6.05. The van der Waals surface area contributed by atoms with Crippen LogP contribution >= 0.6 is 0 Å². The molecule has 5 atom stereocenters. The van der Waals surface area contributed by atoms with Crippen LogP contribution in [0.5, 0.6) is 0 Å². The van der Waals surface area contributed by atoms with Gasteiger partial charge < -0.3 is 14.2 Å². The Labute approximate surface area is 152 Å². The molecule has 3 aliphatic heterocycles. The van der Waals surface area contributed by atoms with Gasteiger partial charge in [-0.1, -0.05) is 19.2 Å². The molecule has 0 radical (unpaired) electrons. The molecule has 3 heterocycles. The van der Waals surface area contributed by atoms with Crippen LogP contribution in [0.2, 0.25) is 0 Å². The normalized spacial score (nSPS) is 37.0. The maximum Gasteiger partial charge on any atom is 0.334 e. The van der Waals surface area contributed by atoms with E-state index in [0.717, 1.165) is 0 Å². The van der Waals surface area contributed by atoms with Gasteiger partial charge in [-0.2, -0.15) is 0 Å². The van der Waals surface area contributed by atoms with Gasteiger partial charge in [0.1, 0.15) is 18.3 Å². The van der Waals surface area contributed by atoms with Gasteiger partial charge in [0.2, 0.25) is 0 Å². The lowest BCUT2D eigenvalue weighted by Gasteiger charge is -2.29. The van der Waals surface area contributed by atoms with Crippen molar-refractivity contribution in [1.29, 1.82) is 0 Å². The molecule has 3 aliphatic rings. The summed E-state index contributed by atoms with van der Waals surface area (Å²) in [5.41, 5.74) is 0.0155. The van der Waals surface area contributed by atoms with Crippen LogP contribution in [0.4, 0.5) is 0 Å². The summed E-state index contributed by atoms with van der Waals surface area (Å²) in [6, 6.07) is 0. The third-order valence-electron chi connectivity index (χ3n) is 5.22. The van der Waals surface area contributed by atoms with Crippen LogP contribution in [0.25, 0.3) is 0 Å². The molecule has 2 fully saturated rings. The molecule has 0 spiro atoms. The molecule has 0 aliphatic carbocycles. The molecule has 6 nitrogen and oxygen atoms in total. The molecule has 0 aromatic heterocycles. The summed E-state index contributed by atoms with van der Waals surface area (Å²) < 4.78 is 17.3. The first-order valence-electron chi connectivity index (χ1n) is 8.50. The van der Waals surface area contributed by atoms with Crippen molar-refractivity contribution in [3.05, 3.63) is 48.1 Å². The van der Waals surface area contributed by atoms with Crippen molar-refractivity contribution in [3.8, 4) is 0 Å². The minimum Gasteiger partial charge on any atom is -0.458 e. The Morgan fingerprint density at radius 3 is 2.69 bits per heavy atom. The number of hydrogen-bond acceptors (Lipinski definition) is 6. The molecule has 26 heavy (non-hydrogen) atoms. The number of carbonyl (C=O) groups is 3. The maximum atomic E-state index is 12.3. The van der Waals surface area contributed by atoms with E-state index in [1.54, 1.807) is 32.9 Å². The third-order valence-corrected chi connectivity index (χ3v) is 5.22. The van der Waals surface area contributed by atoms with E-state index in [1.807, 2.05) is 0 Å². The first-order chi connectivity index (χ1) is 12.2. The Bertz CT molecular complexity index is 773. The van der Waals surface area contributed by atoms with Crippen molar-refractivity contribution in [2.45, 2.75) is 51.1 Å². The SMILES string of the molecule is C=C1C(=O)O[C@H]2[C@H]1[C@H](OC(=O)/C(C)=C\C)C[C@]1(C)C=CC(=O)C(=C)[C@H]2O1. The van der Waals surface area contributed by atoms with Gasteiger partial charge in [-0.05, 0) is 32.9 Å². The van der Waals surface area contributed by atoms with E-state index in [1.165, 1.54) is 6.08 Å². The highest BCUT2D eigenvalue weighted by Crippen LogP contribution is 2.45. The Balaban J connectivity index is 2.05. The topological polar surface area (TPSA) is 78.9 Å². The summed E-state index contributed by atoms with van der Waals surface area (Å²) in [5, 5.41) is 0. The average molecular weight is 358 g/mol. The van der Waals surface area contributed by atoms with Gasteiger partial charge in [-0.15, -0.1) is 0 Å². The lowest BCUT2D eigenvalue weighted by atomic mass is 9.82. The van der Waals surface area contributed by atoms with Crippen LogP contribution in [-0.2, 0) is 28.6 Å². The quantitative estimate of drug-likeness (QED) is 0.556. The monoisotopic (exact) mass is 358 g/mol. The van der Waals surface area contributed by atoms with Crippen molar-refractivity contribution in [1.82, 2.24) is 0 Å². The molecular formula is C20H22O6. The second-order valence-electron chi connectivity index (χ2n) is 7.11. The van der Waals surface area contributed by atoms with Gasteiger partial charge in [-0.25, -0.2) is 9.59 Å². The van der Waals surface area contributed by atoms with Crippen LogP contribution in [0.3, 0.4) is 0 Å². The number of ether oxygens (including phenoxy) is 3. The summed E-state index contributed by atoms with van der Waals surface area (Å²) in [7, 11) is 0. The average Bonchev–Trinajstić information content (AvgIpc) is 2.76. The first-order valence-corrected chi connectivity index (χ1v) is 8.50. The van der Waals surface area contributed by atoms with E-state index >= 15 is 0 Å². The zero-order valence-electron chi connectivity index (χ0n) is 15.1. The van der Waals surface area contributed by atoms with Gasteiger partial charge >= 0.3 is 11.9 Å². The van der Waals surface area contributed by atoms with Gasteiger partial charge in [0.15, 0.2) is 5.78 Å². The van der Waals surface area contributed by atoms with Crippen LogP contribution < -0.4 is 0 Å². The molecule has 2 bridgehead atoms. The Hall–Kier alpha value is -2.47. The van der Waals surface area contributed by atoms with Crippen molar-refractivity contribution in [2.24, 2.45) is 5.92 Å². The number of carbonyl (C=O) groups excluding carboxylic acids is 3. The maximum absolute atomic E-state index is 12.3. The molecule has 138 valence electrons. The van der Waals surface area contributed by atoms with Crippen LogP contribution in [0.1, 0.15) is 27.2 Å². The van der Waals surface area contributed by atoms with E-state index in [2.05, 4.69) is 13.2 Å². The molecule has 0 saturated carbocycles. The molecule has 0 amide bonds.